The zero-order valence-electron chi connectivity index (χ0n) is 16.3. The molecule has 1 aromatic carbocycles. The Kier molecular flexibility index (Phi) is 6.93. The fourth-order valence-corrected chi connectivity index (χ4v) is 3.42. The minimum absolute atomic E-state index is 0.0215. The second-order valence-corrected chi connectivity index (χ2v) is 7.11. The van der Waals surface area contributed by atoms with Gasteiger partial charge in [-0.3, -0.25) is 4.79 Å². The average molecular weight is 367 g/mol. The van der Waals surface area contributed by atoms with E-state index in [0.717, 1.165) is 55.1 Å². The van der Waals surface area contributed by atoms with Crippen molar-refractivity contribution in [3.05, 3.63) is 47.4 Å². The maximum absolute atomic E-state index is 12.3. The summed E-state index contributed by atoms with van der Waals surface area (Å²) in [5, 5.41) is 3.01. The Morgan fingerprint density at radius 3 is 2.74 bits per heavy atom. The van der Waals surface area contributed by atoms with Gasteiger partial charge >= 0.3 is 0 Å². The first-order valence-electron chi connectivity index (χ1n) is 10.0. The van der Waals surface area contributed by atoms with Crippen molar-refractivity contribution in [3.8, 4) is 11.3 Å². The molecule has 5 nitrogen and oxygen atoms in total. The molecule has 27 heavy (non-hydrogen) atoms. The summed E-state index contributed by atoms with van der Waals surface area (Å²) >= 11 is 0. The van der Waals surface area contributed by atoms with Gasteiger partial charge in [-0.1, -0.05) is 19.1 Å². The number of aryl methyl sites for hydroxylation is 2. The molecule has 1 unspecified atom stereocenters. The lowest BCUT2D eigenvalue weighted by molar-refractivity contribution is 0.0947. The zero-order valence-corrected chi connectivity index (χ0v) is 16.3. The Labute approximate surface area is 161 Å². The number of nitrogens with zero attached hydrogens (tertiary/aromatic N) is 2. The molecule has 1 saturated heterocycles. The van der Waals surface area contributed by atoms with Crippen LogP contribution in [0.3, 0.4) is 0 Å². The Morgan fingerprint density at radius 2 is 2.04 bits per heavy atom. The Bertz CT molecular complexity index is 753. The van der Waals surface area contributed by atoms with Crippen LogP contribution in [0.15, 0.2) is 30.3 Å². The van der Waals surface area contributed by atoms with Crippen molar-refractivity contribution < 1.29 is 9.53 Å². The van der Waals surface area contributed by atoms with E-state index in [-0.39, 0.29) is 5.91 Å². The largest absolute Gasteiger partial charge is 0.378 e. The number of hydrogen-bond donors (Lipinski definition) is 1. The van der Waals surface area contributed by atoms with E-state index in [4.69, 9.17) is 4.74 Å². The molecule has 0 saturated carbocycles. The lowest BCUT2D eigenvalue weighted by atomic mass is 10.1. The second-order valence-electron chi connectivity index (χ2n) is 7.11. The van der Waals surface area contributed by atoms with Crippen molar-refractivity contribution in [1.29, 1.82) is 0 Å². The topological polar surface area (TPSA) is 64.1 Å². The van der Waals surface area contributed by atoms with E-state index in [0.29, 0.717) is 18.2 Å². The number of hydrogen-bond acceptors (Lipinski definition) is 4. The van der Waals surface area contributed by atoms with Crippen molar-refractivity contribution in [2.45, 2.75) is 58.5 Å². The standard InChI is InChI=1S/C22H29N3O2/c1-3-19-15-21(25-16(2)24-19)17-9-11-18(12-10-17)22(26)23-13-5-4-7-20-8-6-14-27-20/h9-12,15,20H,3-8,13-14H2,1-2H3,(H,23,26). The minimum Gasteiger partial charge on any atom is -0.378 e. The quantitative estimate of drug-likeness (QED) is 0.714. The van der Waals surface area contributed by atoms with Gasteiger partial charge in [-0.2, -0.15) is 0 Å². The fourth-order valence-electron chi connectivity index (χ4n) is 3.42. The maximum atomic E-state index is 12.3. The van der Waals surface area contributed by atoms with E-state index in [1.54, 1.807) is 0 Å². The maximum Gasteiger partial charge on any atom is 0.251 e. The highest BCUT2D eigenvalue weighted by atomic mass is 16.5. The summed E-state index contributed by atoms with van der Waals surface area (Å²) in [5.74, 6) is 0.751. The molecule has 1 aliphatic heterocycles. The third kappa shape index (κ3) is 5.60. The van der Waals surface area contributed by atoms with Crippen LogP contribution in [0.25, 0.3) is 11.3 Å². The number of benzene rings is 1. The number of carbonyl (C=O) groups excluding carboxylic acids is 1. The molecule has 5 heteroatoms. The van der Waals surface area contributed by atoms with Gasteiger partial charge in [0.2, 0.25) is 0 Å². The smallest absolute Gasteiger partial charge is 0.251 e. The molecule has 0 aliphatic carbocycles. The summed E-state index contributed by atoms with van der Waals surface area (Å²) in [4.78, 5) is 21.2. The van der Waals surface area contributed by atoms with Crippen LogP contribution in [0.5, 0.6) is 0 Å². The van der Waals surface area contributed by atoms with Gasteiger partial charge in [-0.05, 0) is 63.6 Å². The summed E-state index contributed by atoms with van der Waals surface area (Å²) in [6.45, 7) is 5.60. The van der Waals surface area contributed by atoms with Crippen LogP contribution in [-0.2, 0) is 11.2 Å². The van der Waals surface area contributed by atoms with Gasteiger partial charge in [0.25, 0.3) is 5.91 Å². The third-order valence-corrected chi connectivity index (χ3v) is 4.96. The normalized spacial score (nSPS) is 16.4. The highest BCUT2D eigenvalue weighted by molar-refractivity contribution is 5.94. The molecule has 0 bridgehead atoms. The first-order valence-corrected chi connectivity index (χ1v) is 10.0. The van der Waals surface area contributed by atoms with Crippen LogP contribution in [-0.4, -0.2) is 35.1 Å². The zero-order chi connectivity index (χ0) is 19.1. The number of unbranched alkanes of at least 4 members (excludes halogenated alkanes) is 1. The van der Waals surface area contributed by atoms with E-state index in [2.05, 4.69) is 22.2 Å². The van der Waals surface area contributed by atoms with E-state index in [1.807, 2.05) is 37.3 Å². The molecular formula is C22H29N3O2. The molecule has 2 heterocycles. The minimum atomic E-state index is -0.0215. The van der Waals surface area contributed by atoms with Gasteiger partial charge in [-0.25, -0.2) is 9.97 Å². The predicted molar refractivity (Wildman–Crippen MR) is 107 cm³/mol. The van der Waals surface area contributed by atoms with Crippen LogP contribution >= 0.6 is 0 Å². The molecule has 0 spiro atoms. The number of ether oxygens (including phenoxy) is 1. The molecule has 1 aromatic heterocycles. The first-order chi connectivity index (χ1) is 13.2. The van der Waals surface area contributed by atoms with Crippen LogP contribution in [0.1, 0.15) is 60.9 Å². The summed E-state index contributed by atoms with van der Waals surface area (Å²) in [6, 6.07) is 9.64. The van der Waals surface area contributed by atoms with E-state index in [9.17, 15) is 4.79 Å². The van der Waals surface area contributed by atoms with Crippen molar-refractivity contribution in [2.24, 2.45) is 0 Å². The number of amides is 1. The number of aromatic nitrogens is 2. The molecule has 144 valence electrons. The van der Waals surface area contributed by atoms with Gasteiger partial charge < -0.3 is 10.1 Å². The number of carbonyl (C=O) groups is 1. The van der Waals surface area contributed by atoms with Gasteiger partial charge in [0.1, 0.15) is 5.82 Å². The van der Waals surface area contributed by atoms with E-state index >= 15 is 0 Å². The van der Waals surface area contributed by atoms with Gasteiger partial charge in [0.05, 0.1) is 11.8 Å². The highest BCUT2D eigenvalue weighted by Gasteiger charge is 2.14. The summed E-state index contributed by atoms with van der Waals surface area (Å²) in [6.07, 6.45) is 6.87. The Hall–Kier alpha value is -2.27. The lowest BCUT2D eigenvalue weighted by Crippen LogP contribution is -2.24. The molecule has 3 rings (SSSR count). The summed E-state index contributed by atoms with van der Waals surface area (Å²) in [5.41, 5.74) is 3.62. The monoisotopic (exact) mass is 367 g/mol. The van der Waals surface area contributed by atoms with Crippen LogP contribution in [0.2, 0.25) is 0 Å². The van der Waals surface area contributed by atoms with Crippen molar-refractivity contribution in [1.82, 2.24) is 15.3 Å². The van der Waals surface area contributed by atoms with Crippen LogP contribution in [0.4, 0.5) is 0 Å². The van der Waals surface area contributed by atoms with Crippen molar-refractivity contribution in [3.63, 3.8) is 0 Å². The van der Waals surface area contributed by atoms with Crippen molar-refractivity contribution >= 4 is 5.91 Å². The van der Waals surface area contributed by atoms with E-state index < -0.39 is 0 Å². The first kappa shape index (κ1) is 19.5. The molecule has 1 atom stereocenters. The van der Waals surface area contributed by atoms with Gasteiger partial charge in [-0.15, -0.1) is 0 Å². The summed E-state index contributed by atoms with van der Waals surface area (Å²) < 4.78 is 5.62. The number of nitrogens with one attached hydrogen (secondary N) is 1. The van der Waals surface area contributed by atoms with Crippen LogP contribution in [0, 0.1) is 6.92 Å². The van der Waals surface area contributed by atoms with Crippen molar-refractivity contribution in [2.75, 3.05) is 13.2 Å². The molecule has 1 amide bonds. The molecular weight excluding hydrogens is 338 g/mol. The molecule has 1 N–H and O–H groups in total. The Balaban J connectivity index is 1.49. The SMILES string of the molecule is CCc1cc(-c2ccc(C(=O)NCCCCC3CCCO3)cc2)nc(C)n1. The van der Waals surface area contributed by atoms with Gasteiger partial charge in [0.15, 0.2) is 0 Å². The average Bonchev–Trinajstić information content (AvgIpc) is 3.20. The van der Waals surface area contributed by atoms with Crippen LogP contribution < -0.4 is 5.32 Å². The third-order valence-electron chi connectivity index (χ3n) is 4.96. The molecule has 2 aromatic rings. The van der Waals surface area contributed by atoms with E-state index in [1.165, 1.54) is 12.8 Å². The lowest BCUT2D eigenvalue weighted by Gasteiger charge is -2.09. The molecule has 1 fully saturated rings. The predicted octanol–water partition coefficient (Wildman–Crippen LogP) is 4.09. The molecule has 0 radical (unpaired) electrons. The highest BCUT2D eigenvalue weighted by Crippen LogP contribution is 2.19. The fraction of sp³-hybridized carbons (Fsp3) is 0.500. The molecule has 1 aliphatic rings. The number of rotatable bonds is 8. The Morgan fingerprint density at radius 1 is 1.22 bits per heavy atom. The second kappa shape index (κ2) is 9.60. The van der Waals surface area contributed by atoms with Gasteiger partial charge in [0, 0.05) is 30.0 Å². The summed E-state index contributed by atoms with van der Waals surface area (Å²) in [7, 11) is 0.